The molecule has 0 unspecified atom stereocenters. The van der Waals surface area contributed by atoms with Gasteiger partial charge in [-0.3, -0.25) is 0 Å². The van der Waals surface area contributed by atoms with Crippen molar-refractivity contribution in [2.75, 3.05) is 13.7 Å². The number of carbonyl (C=O) groups is 1. The molecule has 0 aliphatic carbocycles. The van der Waals surface area contributed by atoms with Crippen molar-refractivity contribution in [2.45, 2.75) is 13.8 Å². The number of hydrogen-bond donors (Lipinski definition) is 1. The molecule has 1 heterocycles. The Hall–Kier alpha value is -2.23. The first-order valence-electron chi connectivity index (χ1n) is 6.17. The maximum atomic E-state index is 12.0. The zero-order valence-electron chi connectivity index (χ0n) is 11.3. The first-order valence-corrected chi connectivity index (χ1v) is 6.17. The number of aromatic nitrogens is 1. The molecule has 2 aromatic rings. The molecule has 0 amide bonds. The molecule has 0 aliphatic rings. The Balaban J connectivity index is 2.41. The Morgan fingerprint density at radius 3 is 2.53 bits per heavy atom. The predicted octanol–water partition coefficient (Wildman–Crippen LogP) is 3.18. The highest BCUT2D eigenvalue weighted by molar-refractivity contribution is 5.98. The molecule has 0 spiro atoms. The number of hydrogen-bond acceptors (Lipinski definition) is 3. The van der Waals surface area contributed by atoms with Crippen LogP contribution in [0.15, 0.2) is 30.5 Å². The van der Waals surface area contributed by atoms with Crippen LogP contribution in [0.3, 0.4) is 0 Å². The van der Waals surface area contributed by atoms with E-state index in [9.17, 15) is 4.79 Å². The van der Waals surface area contributed by atoms with E-state index >= 15 is 0 Å². The molecule has 0 fully saturated rings. The topological polar surface area (TPSA) is 51.3 Å². The lowest BCUT2D eigenvalue weighted by atomic mass is 10.0. The van der Waals surface area contributed by atoms with Crippen LogP contribution in [-0.2, 0) is 4.74 Å². The van der Waals surface area contributed by atoms with Crippen molar-refractivity contribution < 1.29 is 14.3 Å². The lowest BCUT2D eigenvalue weighted by Gasteiger charge is -2.06. The number of nitrogens with one attached hydrogen (secondary N) is 1. The minimum absolute atomic E-state index is 0.299. The Morgan fingerprint density at radius 1 is 1.26 bits per heavy atom. The van der Waals surface area contributed by atoms with E-state index < -0.39 is 0 Å². The first-order chi connectivity index (χ1) is 9.17. The lowest BCUT2D eigenvalue weighted by Crippen LogP contribution is -2.06. The lowest BCUT2D eigenvalue weighted by molar-refractivity contribution is 0.0526. The summed E-state index contributed by atoms with van der Waals surface area (Å²) in [5.41, 5.74) is 3.20. The summed E-state index contributed by atoms with van der Waals surface area (Å²) >= 11 is 0. The van der Waals surface area contributed by atoms with E-state index in [1.165, 1.54) is 0 Å². The van der Waals surface area contributed by atoms with Crippen LogP contribution < -0.4 is 4.74 Å². The number of H-pyrrole nitrogens is 1. The largest absolute Gasteiger partial charge is 0.497 e. The second-order valence-electron chi connectivity index (χ2n) is 4.15. The molecule has 4 nitrogen and oxygen atoms in total. The minimum atomic E-state index is -0.299. The van der Waals surface area contributed by atoms with Crippen LogP contribution in [0, 0.1) is 6.92 Å². The van der Waals surface area contributed by atoms with Crippen LogP contribution in [0.25, 0.3) is 11.1 Å². The molecule has 0 radical (unpaired) electrons. The van der Waals surface area contributed by atoms with Gasteiger partial charge in [-0.25, -0.2) is 4.79 Å². The molecule has 1 aromatic carbocycles. The van der Waals surface area contributed by atoms with Gasteiger partial charge in [0.05, 0.1) is 19.3 Å². The number of carbonyl (C=O) groups excluding carboxylic acids is 1. The highest BCUT2D eigenvalue weighted by Gasteiger charge is 2.18. The molecule has 19 heavy (non-hydrogen) atoms. The van der Waals surface area contributed by atoms with Gasteiger partial charge < -0.3 is 14.5 Å². The quantitative estimate of drug-likeness (QED) is 0.858. The van der Waals surface area contributed by atoms with Crippen LogP contribution in [0.5, 0.6) is 5.75 Å². The summed E-state index contributed by atoms with van der Waals surface area (Å²) in [6.07, 6.45) is 1.82. The number of aryl methyl sites for hydroxylation is 1. The fourth-order valence-corrected chi connectivity index (χ4v) is 1.99. The molecule has 0 saturated carbocycles. The van der Waals surface area contributed by atoms with Gasteiger partial charge in [0.25, 0.3) is 0 Å². The number of aromatic amines is 1. The van der Waals surface area contributed by atoms with Crippen molar-refractivity contribution in [2.24, 2.45) is 0 Å². The van der Waals surface area contributed by atoms with Crippen LogP contribution in [0.2, 0.25) is 0 Å². The Morgan fingerprint density at radius 2 is 1.95 bits per heavy atom. The van der Waals surface area contributed by atoms with Gasteiger partial charge in [-0.2, -0.15) is 0 Å². The summed E-state index contributed by atoms with van der Waals surface area (Å²) in [5.74, 6) is 0.487. The highest BCUT2D eigenvalue weighted by Crippen LogP contribution is 2.28. The van der Waals surface area contributed by atoms with Gasteiger partial charge >= 0.3 is 5.97 Å². The fraction of sp³-hybridized carbons (Fsp3) is 0.267. The number of rotatable bonds is 4. The smallest absolute Gasteiger partial charge is 0.340 e. The third-order valence-electron chi connectivity index (χ3n) is 2.96. The number of esters is 1. The van der Waals surface area contributed by atoms with E-state index in [2.05, 4.69) is 4.98 Å². The molecule has 0 saturated heterocycles. The molecule has 0 aliphatic heterocycles. The maximum Gasteiger partial charge on any atom is 0.340 e. The number of benzene rings is 1. The average molecular weight is 259 g/mol. The van der Waals surface area contributed by atoms with Gasteiger partial charge in [0.15, 0.2) is 0 Å². The normalized spacial score (nSPS) is 10.3. The van der Waals surface area contributed by atoms with Crippen molar-refractivity contribution >= 4 is 5.97 Å². The Kier molecular flexibility index (Phi) is 3.90. The first kappa shape index (κ1) is 13.2. The van der Waals surface area contributed by atoms with Gasteiger partial charge in [-0.05, 0) is 31.5 Å². The van der Waals surface area contributed by atoms with E-state index in [1.807, 2.05) is 37.4 Å². The summed E-state index contributed by atoms with van der Waals surface area (Å²) in [5, 5.41) is 0. The standard InChI is InChI=1S/C15H17NO3/c1-4-19-15(17)14-10(2)16-9-13(14)11-5-7-12(18-3)8-6-11/h5-9,16H,4H2,1-3H3. The van der Waals surface area contributed by atoms with Crippen molar-refractivity contribution in [1.29, 1.82) is 0 Å². The molecular formula is C15H17NO3. The summed E-state index contributed by atoms with van der Waals surface area (Å²) in [6.45, 7) is 4.03. The van der Waals surface area contributed by atoms with Gasteiger partial charge in [0.1, 0.15) is 5.75 Å². The third kappa shape index (κ3) is 2.62. The fourth-order valence-electron chi connectivity index (χ4n) is 1.99. The molecule has 1 N–H and O–H groups in total. The van der Waals surface area contributed by atoms with Crippen LogP contribution in [-0.4, -0.2) is 24.7 Å². The van der Waals surface area contributed by atoms with Crippen molar-refractivity contribution in [3.8, 4) is 16.9 Å². The molecule has 2 rings (SSSR count). The summed E-state index contributed by atoms with van der Waals surface area (Å²) in [4.78, 5) is 15.0. The second-order valence-corrected chi connectivity index (χ2v) is 4.15. The molecular weight excluding hydrogens is 242 g/mol. The molecule has 0 atom stereocenters. The van der Waals surface area contributed by atoms with E-state index in [0.29, 0.717) is 12.2 Å². The predicted molar refractivity (Wildman–Crippen MR) is 73.5 cm³/mol. The average Bonchev–Trinajstić information content (AvgIpc) is 2.81. The number of methoxy groups -OCH3 is 1. The second kappa shape index (κ2) is 5.61. The monoisotopic (exact) mass is 259 g/mol. The molecule has 100 valence electrons. The maximum absolute atomic E-state index is 12.0. The zero-order chi connectivity index (χ0) is 13.8. The zero-order valence-corrected chi connectivity index (χ0v) is 11.3. The SMILES string of the molecule is CCOC(=O)c1c(-c2ccc(OC)cc2)c[nH]c1C. The summed E-state index contributed by atoms with van der Waals surface area (Å²) in [7, 11) is 1.62. The third-order valence-corrected chi connectivity index (χ3v) is 2.96. The molecule has 0 bridgehead atoms. The van der Waals surface area contributed by atoms with Crippen molar-refractivity contribution in [1.82, 2.24) is 4.98 Å². The highest BCUT2D eigenvalue weighted by atomic mass is 16.5. The van der Waals surface area contributed by atoms with Crippen LogP contribution >= 0.6 is 0 Å². The van der Waals surface area contributed by atoms with E-state index in [4.69, 9.17) is 9.47 Å². The van der Waals surface area contributed by atoms with E-state index in [1.54, 1.807) is 14.0 Å². The van der Waals surface area contributed by atoms with Crippen LogP contribution in [0.4, 0.5) is 0 Å². The molecule has 4 heteroatoms. The van der Waals surface area contributed by atoms with Crippen LogP contribution in [0.1, 0.15) is 23.0 Å². The van der Waals surface area contributed by atoms with Crippen molar-refractivity contribution in [3.05, 3.63) is 41.7 Å². The van der Waals surface area contributed by atoms with Gasteiger partial charge in [0.2, 0.25) is 0 Å². The summed E-state index contributed by atoms with van der Waals surface area (Å²) in [6, 6.07) is 7.58. The van der Waals surface area contributed by atoms with Crippen molar-refractivity contribution in [3.63, 3.8) is 0 Å². The van der Waals surface area contributed by atoms with Gasteiger partial charge in [0, 0.05) is 17.5 Å². The minimum Gasteiger partial charge on any atom is -0.497 e. The van der Waals surface area contributed by atoms with E-state index in [-0.39, 0.29) is 5.97 Å². The van der Waals surface area contributed by atoms with Gasteiger partial charge in [-0.15, -0.1) is 0 Å². The number of ether oxygens (including phenoxy) is 2. The Labute approximate surface area is 112 Å². The molecule has 1 aromatic heterocycles. The van der Waals surface area contributed by atoms with Gasteiger partial charge in [-0.1, -0.05) is 12.1 Å². The van der Waals surface area contributed by atoms with E-state index in [0.717, 1.165) is 22.6 Å². The summed E-state index contributed by atoms with van der Waals surface area (Å²) < 4.78 is 10.2. The Bertz CT molecular complexity index is 570.